The predicted octanol–water partition coefficient (Wildman–Crippen LogP) is 3.05. The lowest BCUT2D eigenvalue weighted by Crippen LogP contribution is -2.02. The van der Waals surface area contributed by atoms with Crippen LogP contribution in [0.3, 0.4) is 0 Å². The largest absolute Gasteiger partial charge is 0.496 e. The van der Waals surface area contributed by atoms with Crippen molar-refractivity contribution in [3.63, 3.8) is 0 Å². The van der Waals surface area contributed by atoms with Gasteiger partial charge in [-0.3, -0.25) is 4.79 Å². The van der Waals surface area contributed by atoms with Crippen LogP contribution in [0.1, 0.15) is 10.5 Å². The van der Waals surface area contributed by atoms with Gasteiger partial charge in [0, 0.05) is 6.20 Å². The maximum absolute atomic E-state index is 11.9. The highest BCUT2D eigenvalue weighted by atomic mass is 32.2. The minimum absolute atomic E-state index is 0.0213. The molecule has 0 amide bonds. The summed E-state index contributed by atoms with van der Waals surface area (Å²) < 4.78 is 10.8. The number of hydrogen-bond acceptors (Lipinski definition) is 6. The molecular formula is C15H13N3O3S. The number of hydrogen-bond donors (Lipinski definition) is 1. The SMILES string of the molecule is COc1ccccc1-c1nnc(SCC(=O)c2ccc[nH]2)o1. The molecule has 0 radical (unpaired) electrons. The molecule has 0 atom stereocenters. The molecule has 6 nitrogen and oxygen atoms in total. The highest BCUT2D eigenvalue weighted by Gasteiger charge is 2.15. The molecule has 0 fully saturated rings. The van der Waals surface area contributed by atoms with Crippen molar-refractivity contribution < 1.29 is 13.9 Å². The first-order valence-corrected chi connectivity index (χ1v) is 7.53. The minimum Gasteiger partial charge on any atom is -0.496 e. The van der Waals surface area contributed by atoms with Crippen LogP contribution in [0, 0.1) is 0 Å². The van der Waals surface area contributed by atoms with Gasteiger partial charge in [0.1, 0.15) is 5.75 Å². The molecule has 3 aromatic rings. The summed E-state index contributed by atoms with van der Waals surface area (Å²) in [6, 6.07) is 10.9. The number of nitrogens with one attached hydrogen (secondary N) is 1. The van der Waals surface area contributed by atoms with Gasteiger partial charge in [-0.2, -0.15) is 0 Å². The Labute approximate surface area is 130 Å². The molecule has 3 rings (SSSR count). The number of para-hydroxylation sites is 1. The summed E-state index contributed by atoms with van der Waals surface area (Å²) in [7, 11) is 1.58. The number of methoxy groups -OCH3 is 1. The average molecular weight is 315 g/mol. The highest BCUT2D eigenvalue weighted by Crippen LogP contribution is 2.30. The molecule has 0 spiro atoms. The fraction of sp³-hybridized carbons (Fsp3) is 0.133. The van der Waals surface area contributed by atoms with Gasteiger partial charge in [0.15, 0.2) is 5.78 Å². The molecule has 0 aliphatic rings. The lowest BCUT2D eigenvalue weighted by Gasteiger charge is -2.03. The summed E-state index contributed by atoms with van der Waals surface area (Å²) >= 11 is 1.21. The number of ether oxygens (including phenoxy) is 1. The predicted molar refractivity (Wildman–Crippen MR) is 82.1 cm³/mol. The fourth-order valence-corrected chi connectivity index (χ4v) is 2.55. The summed E-state index contributed by atoms with van der Waals surface area (Å²) in [4.78, 5) is 14.8. The quantitative estimate of drug-likeness (QED) is 0.556. The van der Waals surface area contributed by atoms with E-state index >= 15 is 0 Å². The van der Waals surface area contributed by atoms with Gasteiger partial charge in [-0.25, -0.2) is 0 Å². The van der Waals surface area contributed by atoms with E-state index in [9.17, 15) is 4.79 Å². The molecule has 0 aliphatic heterocycles. The molecule has 7 heteroatoms. The molecule has 1 aromatic carbocycles. The van der Waals surface area contributed by atoms with Crippen LogP contribution >= 0.6 is 11.8 Å². The number of rotatable bonds is 6. The van der Waals surface area contributed by atoms with Gasteiger partial charge >= 0.3 is 0 Å². The van der Waals surface area contributed by atoms with E-state index in [1.54, 1.807) is 25.4 Å². The van der Waals surface area contributed by atoms with Crippen LogP contribution in [0.2, 0.25) is 0 Å². The lowest BCUT2D eigenvalue weighted by molar-refractivity contribution is 0.101. The Kier molecular flexibility index (Phi) is 4.24. The van der Waals surface area contributed by atoms with Crippen molar-refractivity contribution in [1.29, 1.82) is 0 Å². The first-order chi connectivity index (χ1) is 10.8. The second-order valence-corrected chi connectivity index (χ2v) is 5.30. The molecule has 0 saturated carbocycles. The van der Waals surface area contributed by atoms with Crippen molar-refractivity contribution in [2.24, 2.45) is 0 Å². The van der Waals surface area contributed by atoms with Gasteiger partial charge in [0.05, 0.1) is 24.1 Å². The summed E-state index contributed by atoms with van der Waals surface area (Å²) in [5.74, 6) is 1.23. The van der Waals surface area contributed by atoms with Crippen LogP contribution in [0.4, 0.5) is 0 Å². The zero-order valence-electron chi connectivity index (χ0n) is 11.8. The summed E-state index contributed by atoms with van der Waals surface area (Å²) in [6.45, 7) is 0. The number of thioether (sulfide) groups is 1. The average Bonchev–Trinajstić information content (AvgIpc) is 3.24. The number of H-pyrrole nitrogens is 1. The monoisotopic (exact) mass is 315 g/mol. The van der Waals surface area contributed by atoms with Crippen molar-refractivity contribution >= 4 is 17.5 Å². The molecule has 0 unspecified atom stereocenters. The van der Waals surface area contributed by atoms with Gasteiger partial charge in [0.2, 0.25) is 0 Å². The van der Waals surface area contributed by atoms with Crippen molar-refractivity contribution in [3.8, 4) is 17.2 Å². The molecule has 2 aromatic heterocycles. The number of ketones is 1. The van der Waals surface area contributed by atoms with Gasteiger partial charge in [-0.05, 0) is 24.3 Å². The number of nitrogens with zero attached hydrogens (tertiary/aromatic N) is 2. The van der Waals surface area contributed by atoms with E-state index in [0.29, 0.717) is 22.6 Å². The Bertz CT molecular complexity index is 768. The van der Waals surface area contributed by atoms with E-state index in [2.05, 4.69) is 15.2 Å². The van der Waals surface area contributed by atoms with Crippen molar-refractivity contribution in [2.45, 2.75) is 5.22 Å². The number of aromatic amines is 1. The van der Waals surface area contributed by atoms with Crippen LogP contribution in [0.25, 0.3) is 11.5 Å². The first-order valence-electron chi connectivity index (χ1n) is 6.54. The molecule has 0 bridgehead atoms. The Morgan fingerprint density at radius 1 is 1.27 bits per heavy atom. The van der Waals surface area contributed by atoms with E-state index < -0.39 is 0 Å². The standard InChI is InChI=1S/C15H13N3O3S/c1-20-13-7-3-2-5-10(13)14-17-18-15(21-14)22-9-12(19)11-6-4-8-16-11/h2-8,16H,9H2,1H3. The zero-order valence-corrected chi connectivity index (χ0v) is 12.6. The van der Waals surface area contributed by atoms with Crippen molar-refractivity contribution in [1.82, 2.24) is 15.2 Å². The fourth-order valence-electron chi connectivity index (χ4n) is 1.91. The summed E-state index contributed by atoms with van der Waals surface area (Å²) in [5, 5.41) is 8.30. The maximum Gasteiger partial charge on any atom is 0.277 e. The molecule has 2 heterocycles. The molecule has 112 valence electrons. The number of carbonyl (C=O) groups excluding carboxylic acids is 1. The van der Waals surface area contributed by atoms with Crippen LogP contribution in [-0.2, 0) is 0 Å². The lowest BCUT2D eigenvalue weighted by atomic mass is 10.2. The minimum atomic E-state index is -0.0213. The topological polar surface area (TPSA) is 81.0 Å². The molecule has 22 heavy (non-hydrogen) atoms. The van der Waals surface area contributed by atoms with Crippen LogP contribution in [0.5, 0.6) is 5.75 Å². The maximum atomic E-state index is 11.9. The molecule has 1 N–H and O–H groups in total. The first kappa shape index (κ1) is 14.4. The Balaban J connectivity index is 1.70. The number of aromatic nitrogens is 3. The van der Waals surface area contributed by atoms with E-state index in [0.717, 1.165) is 5.56 Å². The van der Waals surface area contributed by atoms with Gasteiger partial charge < -0.3 is 14.1 Å². The zero-order chi connectivity index (χ0) is 15.4. The van der Waals surface area contributed by atoms with E-state index in [1.807, 2.05) is 24.3 Å². The van der Waals surface area contributed by atoms with Crippen molar-refractivity contribution in [3.05, 3.63) is 48.3 Å². The molecule has 0 saturated heterocycles. The van der Waals surface area contributed by atoms with E-state index in [4.69, 9.17) is 9.15 Å². The number of carbonyl (C=O) groups is 1. The second-order valence-electron chi connectivity index (χ2n) is 4.37. The number of Topliss-reactive ketones (excluding diaryl/α,β-unsaturated/α-hetero) is 1. The normalized spacial score (nSPS) is 10.6. The van der Waals surface area contributed by atoms with E-state index in [-0.39, 0.29) is 11.5 Å². The number of benzene rings is 1. The third kappa shape index (κ3) is 3.04. The third-order valence-electron chi connectivity index (χ3n) is 2.97. The van der Waals surface area contributed by atoms with Crippen LogP contribution in [-0.4, -0.2) is 33.8 Å². The Morgan fingerprint density at radius 2 is 2.14 bits per heavy atom. The smallest absolute Gasteiger partial charge is 0.277 e. The molecule has 0 aliphatic carbocycles. The summed E-state index contributed by atoms with van der Waals surface area (Å²) in [6.07, 6.45) is 1.71. The Hall–Kier alpha value is -2.54. The van der Waals surface area contributed by atoms with Crippen LogP contribution in [0.15, 0.2) is 52.2 Å². The highest BCUT2D eigenvalue weighted by molar-refractivity contribution is 7.99. The van der Waals surface area contributed by atoms with Crippen LogP contribution < -0.4 is 4.74 Å². The van der Waals surface area contributed by atoms with Crippen molar-refractivity contribution in [2.75, 3.05) is 12.9 Å². The third-order valence-corrected chi connectivity index (χ3v) is 3.79. The summed E-state index contributed by atoms with van der Waals surface area (Å²) in [5.41, 5.74) is 1.29. The molecular weight excluding hydrogens is 302 g/mol. The van der Waals surface area contributed by atoms with Gasteiger partial charge in [0.25, 0.3) is 11.1 Å². The van der Waals surface area contributed by atoms with Gasteiger partial charge in [-0.1, -0.05) is 23.9 Å². The van der Waals surface area contributed by atoms with Gasteiger partial charge in [-0.15, -0.1) is 10.2 Å². The van der Waals surface area contributed by atoms with E-state index in [1.165, 1.54) is 11.8 Å². The second kappa shape index (κ2) is 6.48. The Morgan fingerprint density at radius 3 is 2.91 bits per heavy atom.